The van der Waals surface area contributed by atoms with Gasteiger partial charge >= 0.3 is 0 Å². The first-order valence-corrected chi connectivity index (χ1v) is 16.5. The zero-order valence-corrected chi connectivity index (χ0v) is 27.8. The summed E-state index contributed by atoms with van der Waals surface area (Å²) >= 11 is 6.91. The third-order valence-corrected chi connectivity index (χ3v) is 9.43. The third-order valence-electron chi connectivity index (χ3n) is 9.14. The summed E-state index contributed by atoms with van der Waals surface area (Å²) in [5.41, 5.74) is 13.0. The molecular weight excluding hydrogens is 592 g/mol. The molecule has 4 N–H and O–H groups in total. The van der Waals surface area contributed by atoms with Crippen LogP contribution in [0.2, 0.25) is 5.02 Å². The minimum Gasteiger partial charge on any atom is -0.377 e. The predicted molar refractivity (Wildman–Crippen MR) is 188 cm³/mol. The lowest BCUT2D eigenvalue weighted by Gasteiger charge is -2.42. The van der Waals surface area contributed by atoms with Crippen molar-refractivity contribution in [3.05, 3.63) is 113 Å². The van der Waals surface area contributed by atoms with E-state index in [2.05, 4.69) is 113 Å². The Balaban J connectivity index is 1.32. The average Bonchev–Trinajstić information content (AvgIpc) is 3.56. The van der Waals surface area contributed by atoms with E-state index in [1.807, 2.05) is 36.4 Å². The molecule has 9 heteroatoms. The van der Waals surface area contributed by atoms with Crippen LogP contribution in [-0.4, -0.2) is 39.6 Å². The van der Waals surface area contributed by atoms with Crippen LogP contribution in [0.1, 0.15) is 75.7 Å². The Labute approximate surface area is 277 Å². The zero-order valence-electron chi connectivity index (χ0n) is 27.0. The molecule has 238 valence electrons. The highest BCUT2D eigenvalue weighted by Gasteiger charge is 2.32. The van der Waals surface area contributed by atoms with Crippen molar-refractivity contribution in [3.63, 3.8) is 0 Å². The molecule has 46 heavy (non-hydrogen) atoms. The van der Waals surface area contributed by atoms with Gasteiger partial charge in [-0.15, -0.1) is 5.53 Å². The standard InChI is InChI=1S/C37H43ClN8/c1-5-32(25-12-8-6-9-13-25)42-34-27(22-39)23-40-36-30(34)20-28(21-31(36)38)41-35(26-14-10-7-11-15-26)33-24-46(44-43-33)29-16-18-45(19-17-29)37(2,3)4/h6-15,20-21,23-24,29,32,35,41,43-44H,5,16-19H2,1-4H3,(H,40,42)/t32-,35+/m1/s1. The van der Waals surface area contributed by atoms with Crippen LogP contribution in [0, 0.1) is 11.3 Å². The van der Waals surface area contributed by atoms with Crippen LogP contribution in [0.4, 0.5) is 11.4 Å². The second-order valence-electron chi connectivity index (χ2n) is 13.1. The van der Waals surface area contributed by atoms with E-state index >= 15 is 0 Å². The van der Waals surface area contributed by atoms with Gasteiger partial charge in [0.25, 0.3) is 0 Å². The molecule has 4 aromatic rings. The van der Waals surface area contributed by atoms with Gasteiger partial charge in [0, 0.05) is 48.1 Å². The highest BCUT2D eigenvalue weighted by Crippen LogP contribution is 2.38. The number of rotatable bonds is 9. The summed E-state index contributed by atoms with van der Waals surface area (Å²) in [6.45, 7) is 11.2. The van der Waals surface area contributed by atoms with Crippen molar-refractivity contribution >= 4 is 33.9 Å². The molecule has 2 atom stereocenters. The van der Waals surface area contributed by atoms with Gasteiger partial charge in [0.15, 0.2) is 0 Å². The Morgan fingerprint density at radius 2 is 1.67 bits per heavy atom. The fourth-order valence-electron chi connectivity index (χ4n) is 6.52. The minimum atomic E-state index is -0.182. The van der Waals surface area contributed by atoms with Crippen LogP contribution in [0.25, 0.3) is 10.9 Å². The van der Waals surface area contributed by atoms with E-state index in [-0.39, 0.29) is 17.6 Å². The van der Waals surface area contributed by atoms with E-state index in [1.165, 1.54) is 0 Å². The number of fused-ring (bicyclic) bond motifs is 1. The van der Waals surface area contributed by atoms with Gasteiger partial charge in [0.1, 0.15) is 6.07 Å². The van der Waals surface area contributed by atoms with Crippen molar-refractivity contribution < 1.29 is 0 Å². The first-order valence-electron chi connectivity index (χ1n) is 16.2. The van der Waals surface area contributed by atoms with Crippen molar-refractivity contribution in [3.8, 4) is 6.07 Å². The highest BCUT2D eigenvalue weighted by atomic mass is 35.5. The molecule has 6 rings (SSSR count). The Kier molecular flexibility index (Phi) is 9.37. The zero-order chi connectivity index (χ0) is 32.3. The Morgan fingerprint density at radius 3 is 2.30 bits per heavy atom. The minimum absolute atomic E-state index is 0.0199. The highest BCUT2D eigenvalue weighted by molar-refractivity contribution is 6.35. The number of aromatic nitrogens is 1. The second-order valence-corrected chi connectivity index (χ2v) is 13.5. The smallest absolute Gasteiger partial charge is 0.103 e. The van der Waals surface area contributed by atoms with E-state index < -0.39 is 0 Å². The lowest BCUT2D eigenvalue weighted by Crippen LogP contribution is -2.52. The molecule has 0 unspecified atom stereocenters. The maximum absolute atomic E-state index is 10.1. The monoisotopic (exact) mass is 634 g/mol. The molecule has 1 aromatic heterocycles. The van der Waals surface area contributed by atoms with Gasteiger partial charge in [-0.3, -0.25) is 14.9 Å². The van der Waals surface area contributed by atoms with Gasteiger partial charge in [-0.05, 0) is 63.3 Å². The van der Waals surface area contributed by atoms with Crippen LogP contribution in [0.5, 0.6) is 0 Å². The largest absolute Gasteiger partial charge is 0.377 e. The number of hydrazine groups is 2. The number of pyridine rings is 1. The van der Waals surface area contributed by atoms with E-state index in [9.17, 15) is 5.26 Å². The number of hydrogen-bond acceptors (Lipinski definition) is 8. The van der Waals surface area contributed by atoms with Crippen molar-refractivity contribution in [1.29, 1.82) is 5.26 Å². The van der Waals surface area contributed by atoms with Crippen LogP contribution in [0.3, 0.4) is 0 Å². The van der Waals surface area contributed by atoms with E-state index in [4.69, 9.17) is 11.6 Å². The Morgan fingerprint density at radius 1 is 1.00 bits per heavy atom. The molecule has 3 heterocycles. The van der Waals surface area contributed by atoms with Crippen molar-refractivity contribution in [2.45, 2.75) is 70.6 Å². The molecule has 0 aliphatic carbocycles. The lowest BCUT2D eigenvalue weighted by molar-refractivity contribution is 0.0570. The molecule has 8 nitrogen and oxygen atoms in total. The van der Waals surface area contributed by atoms with E-state index in [0.717, 1.165) is 65.9 Å². The van der Waals surface area contributed by atoms with Gasteiger partial charge in [0.2, 0.25) is 0 Å². The van der Waals surface area contributed by atoms with Crippen LogP contribution < -0.4 is 21.6 Å². The lowest BCUT2D eigenvalue weighted by atomic mass is 9.98. The molecule has 0 radical (unpaired) electrons. The number of nitriles is 1. The molecule has 0 bridgehead atoms. The summed E-state index contributed by atoms with van der Waals surface area (Å²) in [6.07, 6.45) is 6.82. The molecule has 1 fully saturated rings. The molecular formula is C37H43ClN8. The normalized spacial score (nSPS) is 17.2. The first-order chi connectivity index (χ1) is 22.2. The summed E-state index contributed by atoms with van der Waals surface area (Å²) in [4.78, 5) is 7.15. The fourth-order valence-corrected chi connectivity index (χ4v) is 6.79. The van der Waals surface area contributed by atoms with Crippen LogP contribution >= 0.6 is 11.6 Å². The second kappa shape index (κ2) is 13.6. The van der Waals surface area contributed by atoms with Gasteiger partial charge in [0.05, 0.1) is 39.6 Å². The Bertz CT molecular complexity index is 1720. The van der Waals surface area contributed by atoms with Crippen molar-refractivity contribution in [1.82, 2.24) is 25.9 Å². The molecule has 2 aliphatic heterocycles. The number of benzene rings is 3. The van der Waals surface area contributed by atoms with Gasteiger partial charge < -0.3 is 16.1 Å². The summed E-state index contributed by atoms with van der Waals surface area (Å²) in [5, 5.41) is 21.0. The van der Waals surface area contributed by atoms with Crippen molar-refractivity contribution in [2.24, 2.45) is 0 Å². The molecule has 0 spiro atoms. The number of piperidine rings is 1. The molecule has 1 saturated heterocycles. The number of likely N-dealkylation sites (tertiary alicyclic amines) is 1. The molecule has 3 aromatic carbocycles. The first kappa shape index (κ1) is 31.7. The summed E-state index contributed by atoms with van der Waals surface area (Å²) in [7, 11) is 0. The van der Waals surface area contributed by atoms with Gasteiger partial charge in [-0.25, -0.2) is 0 Å². The average molecular weight is 635 g/mol. The molecule has 2 aliphatic rings. The summed E-state index contributed by atoms with van der Waals surface area (Å²) < 4.78 is 0. The maximum atomic E-state index is 10.1. The predicted octanol–water partition coefficient (Wildman–Crippen LogP) is 7.91. The maximum Gasteiger partial charge on any atom is 0.103 e. The van der Waals surface area contributed by atoms with E-state index in [1.54, 1.807) is 6.20 Å². The summed E-state index contributed by atoms with van der Waals surface area (Å²) in [5.74, 6) is 0. The van der Waals surface area contributed by atoms with E-state index in [0.29, 0.717) is 22.1 Å². The van der Waals surface area contributed by atoms with Gasteiger partial charge in [-0.1, -0.05) is 79.2 Å². The van der Waals surface area contributed by atoms with Crippen LogP contribution in [0.15, 0.2) is 90.9 Å². The number of nitrogens with zero attached hydrogens (tertiary/aromatic N) is 4. The number of nitrogens with one attached hydrogen (secondary N) is 4. The van der Waals surface area contributed by atoms with Crippen molar-refractivity contribution in [2.75, 3.05) is 23.7 Å². The van der Waals surface area contributed by atoms with Gasteiger partial charge in [-0.2, -0.15) is 5.26 Å². The third kappa shape index (κ3) is 6.78. The molecule has 0 saturated carbocycles. The summed E-state index contributed by atoms with van der Waals surface area (Å²) in [6, 6.07) is 27.2. The quantitative estimate of drug-likeness (QED) is 0.148. The number of halogens is 1. The number of hydrogen-bond donors (Lipinski definition) is 4. The number of anilines is 2. The topological polar surface area (TPSA) is 91.3 Å². The SMILES string of the molecule is CC[C@@H](Nc1c(C#N)cnc2c(Cl)cc(N[C@H](C3=CN(C4CCN(C(C)(C)C)CC4)NN3)c3ccccc3)cc12)c1ccccc1. The molecule has 0 amide bonds. The van der Waals surface area contributed by atoms with Crippen LogP contribution in [-0.2, 0) is 0 Å². The Hall–Kier alpha value is -4.29. The fraction of sp³-hybridized carbons (Fsp3) is 0.351.